The van der Waals surface area contributed by atoms with E-state index in [1.54, 1.807) is 0 Å². The second kappa shape index (κ2) is 5.79. The Kier molecular flexibility index (Phi) is 3.88. The quantitative estimate of drug-likeness (QED) is 0.857. The maximum atomic E-state index is 3.68. The molecule has 1 atom stereocenters. The van der Waals surface area contributed by atoms with Gasteiger partial charge in [-0.1, -0.05) is 52.3 Å². The van der Waals surface area contributed by atoms with Gasteiger partial charge < -0.3 is 5.32 Å². The molecule has 1 nitrogen and oxygen atoms in total. The first kappa shape index (κ1) is 12.7. The van der Waals surface area contributed by atoms with Crippen LogP contribution in [-0.2, 0) is 12.8 Å². The van der Waals surface area contributed by atoms with Crippen LogP contribution in [-0.4, -0.2) is 6.04 Å². The average molecular weight is 316 g/mol. The number of hydrogen-bond acceptors (Lipinski definition) is 1. The predicted octanol–water partition coefficient (Wildman–Crippen LogP) is 4.81. The van der Waals surface area contributed by atoms with Crippen molar-refractivity contribution < 1.29 is 0 Å². The van der Waals surface area contributed by atoms with Crippen molar-refractivity contribution in [1.82, 2.24) is 0 Å². The summed E-state index contributed by atoms with van der Waals surface area (Å²) in [7, 11) is 0. The molecule has 3 rings (SSSR count). The summed E-state index contributed by atoms with van der Waals surface area (Å²) in [6.07, 6.45) is 4.75. The van der Waals surface area contributed by atoms with E-state index in [1.807, 2.05) is 0 Å². The summed E-state index contributed by atoms with van der Waals surface area (Å²) >= 11 is 3.64. The van der Waals surface area contributed by atoms with Gasteiger partial charge in [0.2, 0.25) is 0 Å². The van der Waals surface area contributed by atoms with Gasteiger partial charge in [-0.15, -0.1) is 0 Å². The molecule has 1 aliphatic rings. The second-order valence-corrected chi connectivity index (χ2v) is 6.02. The lowest BCUT2D eigenvalue weighted by molar-refractivity contribution is 0.586. The third-order valence-corrected chi connectivity index (χ3v) is 4.59. The maximum absolute atomic E-state index is 3.68. The fourth-order valence-electron chi connectivity index (χ4n) is 2.76. The highest BCUT2D eigenvalue weighted by Gasteiger charge is 2.18. The van der Waals surface area contributed by atoms with Crippen LogP contribution in [0.3, 0.4) is 0 Å². The molecule has 19 heavy (non-hydrogen) atoms. The van der Waals surface area contributed by atoms with Gasteiger partial charge in [-0.2, -0.15) is 0 Å². The zero-order valence-corrected chi connectivity index (χ0v) is 12.5. The number of benzene rings is 2. The molecule has 1 unspecified atom stereocenters. The van der Waals surface area contributed by atoms with Crippen molar-refractivity contribution in [3.63, 3.8) is 0 Å². The fourth-order valence-corrected chi connectivity index (χ4v) is 3.33. The van der Waals surface area contributed by atoms with Crippen LogP contribution in [0.5, 0.6) is 0 Å². The number of aryl methyl sites for hydroxylation is 1. The molecule has 0 fully saturated rings. The highest BCUT2D eigenvalue weighted by molar-refractivity contribution is 9.10. The van der Waals surface area contributed by atoms with E-state index in [0.717, 1.165) is 6.42 Å². The molecule has 1 N–H and O–H groups in total. The van der Waals surface area contributed by atoms with Crippen LogP contribution < -0.4 is 5.32 Å². The third-order valence-electron chi connectivity index (χ3n) is 3.85. The minimum atomic E-state index is 0.599. The largest absolute Gasteiger partial charge is 0.382 e. The van der Waals surface area contributed by atoms with Crippen molar-refractivity contribution in [2.75, 3.05) is 5.32 Å². The molecule has 1 aliphatic heterocycles. The summed E-state index contributed by atoms with van der Waals surface area (Å²) in [4.78, 5) is 0. The van der Waals surface area contributed by atoms with Crippen molar-refractivity contribution in [2.24, 2.45) is 0 Å². The lowest BCUT2D eigenvalue weighted by Gasteiger charge is -2.27. The maximum Gasteiger partial charge on any atom is 0.0386 e. The highest BCUT2D eigenvalue weighted by atomic mass is 79.9. The molecule has 2 aromatic rings. The Hall–Kier alpha value is -1.28. The number of rotatable bonds is 3. The van der Waals surface area contributed by atoms with Gasteiger partial charge in [0.25, 0.3) is 0 Å². The Morgan fingerprint density at radius 2 is 1.89 bits per heavy atom. The number of halogens is 1. The standard InChI is InChI=1S/C17H18BrN/c18-16-7-4-8-17-15(16)12-11-14(19-17)10-9-13-5-2-1-3-6-13/h1-8,14,19H,9-12H2. The first-order valence-corrected chi connectivity index (χ1v) is 7.70. The lowest BCUT2D eigenvalue weighted by Crippen LogP contribution is -2.26. The van der Waals surface area contributed by atoms with Crippen LogP contribution in [0.15, 0.2) is 53.0 Å². The molecule has 0 spiro atoms. The van der Waals surface area contributed by atoms with Gasteiger partial charge in [-0.3, -0.25) is 0 Å². The molecular formula is C17H18BrN. The summed E-state index contributed by atoms with van der Waals surface area (Å²) in [5, 5.41) is 3.68. The molecule has 0 radical (unpaired) electrons. The summed E-state index contributed by atoms with van der Waals surface area (Å²) in [5.41, 5.74) is 4.17. The van der Waals surface area contributed by atoms with Crippen LogP contribution in [0.2, 0.25) is 0 Å². The molecule has 0 bridgehead atoms. The van der Waals surface area contributed by atoms with Crippen LogP contribution >= 0.6 is 15.9 Å². The minimum Gasteiger partial charge on any atom is -0.382 e. The predicted molar refractivity (Wildman–Crippen MR) is 84.6 cm³/mol. The van der Waals surface area contributed by atoms with Crippen LogP contribution in [0, 0.1) is 0 Å². The summed E-state index contributed by atoms with van der Waals surface area (Å²) in [5.74, 6) is 0. The first-order valence-electron chi connectivity index (χ1n) is 6.91. The van der Waals surface area contributed by atoms with E-state index in [-0.39, 0.29) is 0 Å². The molecule has 2 heteroatoms. The van der Waals surface area contributed by atoms with Gasteiger partial charge in [0.15, 0.2) is 0 Å². The first-order chi connectivity index (χ1) is 9.33. The average Bonchev–Trinajstić information content (AvgIpc) is 2.46. The third kappa shape index (κ3) is 3.01. The Morgan fingerprint density at radius 1 is 1.05 bits per heavy atom. The minimum absolute atomic E-state index is 0.599. The van der Waals surface area contributed by atoms with Crippen molar-refractivity contribution in [3.05, 3.63) is 64.1 Å². The Bertz CT molecular complexity index is 550. The molecule has 0 saturated carbocycles. The number of nitrogens with one attached hydrogen (secondary N) is 1. The van der Waals surface area contributed by atoms with E-state index in [1.165, 1.54) is 40.5 Å². The number of anilines is 1. The van der Waals surface area contributed by atoms with Gasteiger partial charge in [-0.25, -0.2) is 0 Å². The van der Waals surface area contributed by atoms with E-state index in [0.29, 0.717) is 6.04 Å². The second-order valence-electron chi connectivity index (χ2n) is 5.17. The molecule has 98 valence electrons. The van der Waals surface area contributed by atoms with Gasteiger partial charge in [0.1, 0.15) is 0 Å². The Morgan fingerprint density at radius 3 is 2.74 bits per heavy atom. The molecule has 2 aromatic carbocycles. The van der Waals surface area contributed by atoms with Crippen LogP contribution in [0.25, 0.3) is 0 Å². The monoisotopic (exact) mass is 315 g/mol. The molecule has 0 amide bonds. The number of fused-ring (bicyclic) bond motifs is 1. The van der Waals surface area contributed by atoms with E-state index < -0.39 is 0 Å². The van der Waals surface area contributed by atoms with E-state index in [9.17, 15) is 0 Å². The fraction of sp³-hybridized carbons (Fsp3) is 0.294. The van der Waals surface area contributed by atoms with E-state index >= 15 is 0 Å². The zero-order chi connectivity index (χ0) is 13.1. The van der Waals surface area contributed by atoms with Crippen molar-refractivity contribution >= 4 is 21.6 Å². The van der Waals surface area contributed by atoms with Crippen molar-refractivity contribution in [3.8, 4) is 0 Å². The smallest absolute Gasteiger partial charge is 0.0386 e. The normalized spacial score (nSPS) is 17.6. The lowest BCUT2D eigenvalue weighted by atomic mass is 9.94. The van der Waals surface area contributed by atoms with Gasteiger partial charge >= 0.3 is 0 Å². The zero-order valence-electron chi connectivity index (χ0n) is 10.9. The van der Waals surface area contributed by atoms with Crippen molar-refractivity contribution in [2.45, 2.75) is 31.7 Å². The molecular weight excluding hydrogens is 298 g/mol. The highest BCUT2D eigenvalue weighted by Crippen LogP contribution is 2.31. The van der Waals surface area contributed by atoms with E-state index in [2.05, 4.69) is 69.8 Å². The van der Waals surface area contributed by atoms with Gasteiger partial charge in [0.05, 0.1) is 0 Å². The summed E-state index contributed by atoms with van der Waals surface area (Å²) < 4.78 is 1.24. The van der Waals surface area contributed by atoms with Gasteiger partial charge in [0, 0.05) is 16.2 Å². The van der Waals surface area contributed by atoms with Crippen molar-refractivity contribution in [1.29, 1.82) is 0 Å². The molecule has 0 saturated heterocycles. The summed E-state index contributed by atoms with van der Waals surface area (Å²) in [6, 6.07) is 17.8. The molecule has 0 aliphatic carbocycles. The topological polar surface area (TPSA) is 12.0 Å². The Balaban J connectivity index is 1.63. The Labute approximate surface area is 123 Å². The van der Waals surface area contributed by atoms with E-state index in [4.69, 9.17) is 0 Å². The number of hydrogen-bond donors (Lipinski definition) is 1. The SMILES string of the molecule is Brc1cccc2c1CCC(CCc1ccccc1)N2. The summed E-state index contributed by atoms with van der Waals surface area (Å²) in [6.45, 7) is 0. The van der Waals surface area contributed by atoms with Crippen LogP contribution in [0.4, 0.5) is 5.69 Å². The van der Waals surface area contributed by atoms with Crippen LogP contribution in [0.1, 0.15) is 24.0 Å². The molecule has 1 heterocycles. The van der Waals surface area contributed by atoms with Gasteiger partial charge in [-0.05, 0) is 48.9 Å². The molecule has 0 aromatic heterocycles.